The summed E-state index contributed by atoms with van der Waals surface area (Å²) in [5.74, 6) is 0.231. The van der Waals surface area contributed by atoms with E-state index in [0.717, 1.165) is 11.3 Å². The number of nitrogens with zero attached hydrogens (tertiary/aromatic N) is 2. The van der Waals surface area contributed by atoms with Gasteiger partial charge in [-0.2, -0.15) is 8.78 Å². The Kier molecular flexibility index (Phi) is 6.54. The van der Waals surface area contributed by atoms with Crippen molar-refractivity contribution in [3.63, 3.8) is 0 Å². The fraction of sp³-hybridized carbons (Fsp3) is 0.286. The number of hydrogen-bond acceptors (Lipinski definition) is 6. The third-order valence-corrected chi connectivity index (χ3v) is 4.12. The molecule has 0 spiro atoms. The number of ketones is 1. The van der Waals surface area contributed by atoms with Crippen LogP contribution in [0.2, 0.25) is 0 Å². The molecule has 8 heteroatoms. The number of aryl methyl sites for hydroxylation is 1. The third kappa shape index (κ3) is 5.37. The normalized spacial score (nSPS) is 10.9. The number of aromatic nitrogens is 2. The fourth-order valence-corrected chi connectivity index (χ4v) is 2.78. The average molecular weight is 402 g/mol. The van der Waals surface area contributed by atoms with E-state index in [1.165, 1.54) is 18.4 Å². The van der Waals surface area contributed by atoms with Crippen molar-refractivity contribution >= 4 is 5.78 Å². The Hall–Kier alpha value is -3.29. The minimum atomic E-state index is -2.99. The van der Waals surface area contributed by atoms with E-state index in [9.17, 15) is 13.6 Å². The summed E-state index contributed by atoms with van der Waals surface area (Å²) in [4.78, 5) is 20.8. The molecule has 0 unspecified atom stereocenters. The molecule has 2 aromatic heterocycles. The molecule has 6 nitrogen and oxygen atoms in total. The van der Waals surface area contributed by atoms with Crippen LogP contribution in [0.25, 0.3) is 11.5 Å². The van der Waals surface area contributed by atoms with Crippen molar-refractivity contribution in [2.24, 2.45) is 0 Å². The summed E-state index contributed by atoms with van der Waals surface area (Å²) in [5.41, 5.74) is 2.55. The lowest BCUT2D eigenvalue weighted by Gasteiger charge is -2.11. The monoisotopic (exact) mass is 402 g/mol. The number of alkyl halides is 2. The van der Waals surface area contributed by atoms with Gasteiger partial charge in [0, 0.05) is 18.2 Å². The summed E-state index contributed by atoms with van der Waals surface area (Å²) in [7, 11) is 0. The Labute approximate surface area is 166 Å². The number of halogens is 2. The van der Waals surface area contributed by atoms with Gasteiger partial charge in [0.2, 0.25) is 5.89 Å². The van der Waals surface area contributed by atoms with Crippen LogP contribution in [0.1, 0.15) is 23.9 Å². The molecular weight excluding hydrogens is 382 g/mol. The highest BCUT2D eigenvalue weighted by atomic mass is 19.3. The number of Topliss-reactive ketones (excluding diaryl/α,β-unsaturated/α-hetero) is 1. The molecule has 3 aromatic rings. The first-order chi connectivity index (χ1) is 14.0. The van der Waals surface area contributed by atoms with Gasteiger partial charge >= 0.3 is 6.61 Å². The Morgan fingerprint density at radius 1 is 1.21 bits per heavy atom. The lowest BCUT2D eigenvalue weighted by Crippen LogP contribution is -2.09. The molecule has 0 saturated heterocycles. The van der Waals surface area contributed by atoms with Gasteiger partial charge in [-0.25, -0.2) is 4.98 Å². The van der Waals surface area contributed by atoms with Gasteiger partial charge in [-0.1, -0.05) is 6.07 Å². The molecule has 0 aliphatic carbocycles. The number of carbonyl (C=O) groups is 1. The van der Waals surface area contributed by atoms with Gasteiger partial charge in [-0.3, -0.25) is 9.78 Å². The first-order valence-corrected chi connectivity index (χ1v) is 9.05. The van der Waals surface area contributed by atoms with E-state index in [0.29, 0.717) is 17.9 Å². The topological polar surface area (TPSA) is 74.5 Å². The van der Waals surface area contributed by atoms with Crippen LogP contribution in [-0.4, -0.2) is 29.0 Å². The van der Waals surface area contributed by atoms with Crippen molar-refractivity contribution in [2.75, 3.05) is 6.61 Å². The lowest BCUT2D eigenvalue weighted by atomic mass is 10.1. The number of oxazole rings is 1. The number of benzene rings is 1. The van der Waals surface area contributed by atoms with Crippen molar-refractivity contribution in [1.82, 2.24) is 9.97 Å². The minimum Gasteiger partial charge on any atom is -0.490 e. The molecule has 1 aromatic carbocycles. The zero-order valence-corrected chi connectivity index (χ0v) is 16.0. The number of pyridine rings is 1. The van der Waals surface area contributed by atoms with Crippen LogP contribution in [0, 0.1) is 6.92 Å². The predicted molar refractivity (Wildman–Crippen MR) is 101 cm³/mol. The fourth-order valence-electron chi connectivity index (χ4n) is 2.78. The number of rotatable bonds is 9. The van der Waals surface area contributed by atoms with Gasteiger partial charge in [0.1, 0.15) is 12.0 Å². The second-order valence-electron chi connectivity index (χ2n) is 6.28. The van der Waals surface area contributed by atoms with Crippen LogP contribution in [0.15, 0.2) is 47.2 Å². The molecule has 0 atom stereocenters. The molecule has 0 fully saturated rings. The zero-order valence-electron chi connectivity index (χ0n) is 16.0. The highest BCUT2D eigenvalue weighted by Crippen LogP contribution is 2.33. The maximum absolute atomic E-state index is 12.7. The summed E-state index contributed by atoms with van der Waals surface area (Å²) >= 11 is 0. The van der Waals surface area contributed by atoms with Crippen LogP contribution in [0.3, 0.4) is 0 Å². The van der Waals surface area contributed by atoms with E-state index in [-0.39, 0.29) is 36.0 Å². The van der Waals surface area contributed by atoms with Crippen molar-refractivity contribution in [1.29, 1.82) is 0 Å². The molecule has 0 bridgehead atoms. The standard InChI is InChI=1S/C21H20F2N2O4/c1-3-27-18-7-6-14(9-19(18)29-21(22)23)20-25-15(12-28-20)10-16(26)11-17-13(2)5-4-8-24-17/h4-9,12,21H,3,10-11H2,1-2H3. The van der Waals surface area contributed by atoms with Gasteiger partial charge in [0.25, 0.3) is 0 Å². The van der Waals surface area contributed by atoms with Gasteiger partial charge in [-0.15, -0.1) is 0 Å². The van der Waals surface area contributed by atoms with Crippen LogP contribution < -0.4 is 9.47 Å². The van der Waals surface area contributed by atoms with E-state index in [1.807, 2.05) is 19.1 Å². The van der Waals surface area contributed by atoms with Crippen molar-refractivity contribution < 1.29 is 27.5 Å². The highest BCUT2D eigenvalue weighted by molar-refractivity contribution is 5.82. The summed E-state index contributed by atoms with van der Waals surface area (Å²) in [6, 6.07) is 8.21. The molecule has 2 heterocycles. The molecule has 0 amide bonds. The molecule has 0 saturated carbocycles. The van der Waals surface area contributed by atoms with E-state index < -0.39 is 6.61 Å². The molecule has 0 aliphatic heterocycles. The predicted octanol–water partition coefficient (Wildman–Crippen LogP) is 4.40. The van der Waals surface area contributed by atoms with Crippen LogP contribution >= 0.6 is 0 Å². The lowest BCUT2D eigenvalue weighted by molar-refractivity contribution is -0.117. The molecule has 152 valence electrons. The second-order valence-corrected chi connectivity index (χ2v) is 6.28. The quantitative estimate of drug-likeness (QED) is 0.528. The Balaban J connectivity index is 1.73. The molecule has 29 heavy (non-hydrogen) atoms. The first kappa shape index (κ1) is 20.4. The smallest absolute Gasteiger partial charge is 0.387 e. The minimum absolute atomic E-state index is 0.0555. The Morgan fingerprint density at radius 2 is 2.03 bits per heavy atom. The van der Waals surface area contributed by atoms with E-state index >= 15 is 0 Å². The molecular formula is C21H20F2N2O4. The van der Waals surface area contributed by atoms with Gasteiger partial charge in [-0.05, 0) is 43.7 Å². The summed E-state index contributed by atoms with van der Waals surface area (Å²) in [6.07, 6.45) is 3.30. The SMILES string of the molecule is CCOc1ccc(-c2nc(CC(=O)Cc3ncccc3C)co2)cc1OC(F)F. The first-order valence-electron chi connectivity index (χ1n) is 9.05. The summed E-state index contributed by atoms with van der Waals surface area (Å²) < 4.78 is 40.6. The molecule has 0 aliphatic rings. The second kappa shape index (κ2) is 9.27. The number of hydrogen-bond donors (Lipinski definition) is 0. The largest absolute Gasteiger partial charge is 0.490 e. The van der Waals surface area contributed by atoms with E-state index in [1.54, 1.807) is 19.2 Å². The summed E-state index contributed by atoms with van der Waals surface area (Å²) in [5, 5.41) is 0. The van der Waals surface area contributed by atoms with Gasteiger partial charge < -0.3 is 13.9 Å². The van der Waals surface area contributed by atoms with Crippen molar-refractivity contribution in [3.8, 4) is 23.0 Å². The summed E-state index contributed by atoms with van der Waals surface area (Å²) in [6.45, 7) is 0.954. The highest BCUT2D eigenvalue weighted by Gasteiger charge is 2.16. The van der Waals surface area contributed by atoms with Crippen LogP contribution in [0.5, 0.6) is 11.5 Å². The van der Waals surface area contributed by atoms with Crippen molar-refractivity contribution in [2.45, 2.75) is 33.3 Å². The van der Waals surface area contributed by atoms with Gasteiger partial charge in [0.05, 0.1) is 24.4 Å². The average Bonchev–Trinajstić information content (AvgIpc) is 3.13. The number of ether oxygens (including phenoxy) is 2. The maximum Gasteiger partial charge on any atom is 0.387 e. The molecule has 0 radical (unpaired) electrons. The maximum atomic E-state index is 12.7. The van der Waals surface area contributed by atoms with E-state index in [4.69, 9.17) is 9.15 Å². The Bertz CT molecular complexity index is 988. The zero-order chi connectivity index (χ0) is 20.8. The van der Waals surface area contributed by atoms with Gasteiger partial charge in [0.15, 0.2) is 11.5 Å². The third-order valence-electron chi connectivity index (χ3n) is 4.12. The van der Waals surface area contributed by atoms with E-state index in [2.05, 4.69) is 14.7 Å². The Morgan fingerprint density at radius 3 is 2.76 bits per heavy atom. The van der Waals surface area contributed by atoms with Crippen LogP contribution in [0.4, 0.5) is 8.78 Å². The molecule has 3 rings (SSSR count). The van der Waals surface area contributed by atoms with Crippen molar-refractivity contribution in [3.05, 3.63) is 59.7 Å². The molecule has 0 N–H and O–H groups in total. The van der Waals surface area contributed by atoms with Crippen LogP contribution in [-0.2, 0) is 17.6 Å². The number of carbonyl (C=O) groups excluding carboxylic acids is 1.